The van der Waals surface area contributed by atoms with Crippen LogP contribution in [0, 0.1) is 10.1 Å². The highest BCUT2D eigenvalue weighted by molar-refractivity contribution is 5.70. The van der Waals surface area contributed by atoms with Gasteiger partial charge in [0.1, 0.15) is 5.69 Å². The van der Waals surface area contributed by atoms with Crippen molar-refractivity contribution < 1.29 is 9.45 Å². The summed E-state index contributed by atoms with van der Waals surface area (Å²) in [6.45, 7) is 0. The molecule has 27 heavy (non-hydrogen) atoms. The predicted molar refractivity (Wildman–Crippen MR) is 100 cm³/mol. The zero-order valence-electron chi connectivity index (χ0n) is 14.7. The number of nitro groups is 1. The lowest BCUT2D eigenvalue weighted by molar-refractivity contribution is -0.383. The van der Waals surface area contributed by atoms with E-state index in [9.17, 15) is 10.1 Å². The summed E-state index contributed by atoms with van der Waals surface area (Å²) < 4.78 is 5.31. The van der Waals surface area contributed by atoms with E-state index in [4.69, 9.17) is 4.52 Å². The van der Waals surface area contributed by atoms with E-state index in [1.54, 1.807) is 36.7 Å². The van der Waals surface area contributed by atoms with Crippen LogP contribution in [0.4, 0.5) is 11.4 Å². The lowest BCUT2D eigenvalue weighted by atomic mass is 9.95. The fourth-order valence-corrected chi connectivity index (χ4v) is 3.36. The monoisotopic (exact) mass is 365 g/mol. The first-order chi connectivity index (χ1) is 13.2. The molecule has 0 bridgehead atoms. The first-order valence-electron chi connectivity index (χ1n) is 9.00. The zero-order valence-corrected chi connectivity index (χ0v) is 14.7. The number of nitrogens with zero attached hydrogens (tertiary/aromatic N) is 4. The molecule has 1 N–H and O–H groups in total. The third-order valence-electron chi connectivity index (χ3n) is 4.77. The second-order valence-corrected chi connectivity index (χ2v) is 6.63. The van der Waals surface area contributed by atoms with Gasteiger partial charge in [0.15, 0.2) is 0 Å². The normalized spacial score (nSPS) is 14.8. The number of hydrogen-bond acceptors (Lipinski definition) is 7. The summed E-state index contributed by atoms with van der Waals surface area (Å²) in [5, 5.41) is 18.8. The van der Waals surface area contributed by atoms with Gasteiger partial charge in [-0.25, -0.2) is 0 Å². The molecule has 1 aromatic carbocycles. The minimum atomic E-state index is -0.380. The van der Waals surface area contributed by atoms with Gasteiger partial charge in [-0.1, -0.05) is 24.4 Å². The van der Waals surface area contributed by atoms with Gasteiger partial charge in [0.2, 0.25) is 5.82 Å². The van der Waals surface area contributed by atoms with Crippen LogP contribution in [-0.2, 0) is 0 Å². The Morgan fingerprint density at radius 3 is 2.59 bits per heavy atom. The van der Waals surface area contributed by atoms with Gasteiger partial charge in [0.25, 0.3) is 11.6 Å². The van der Waals surface area contributed by atoms with Crippen molar-refractivity contribution in [2.45, 2.75) is 38.1 Å². The van der Waals surface area contributed by atoms with Gasteiger partial charge in [-0.05, 0) is 37.1 Å². The van der Waals surface area contributed by atoms with Crippen LogP contribution in [0.15, 0.2) is 47.2 Å². The summed E-state index contributed by atoms with van der Waals surface area (Å²) in [5.74, 6) is 0.661. The van der Waals surface area contributed by atoms with Gasteiger partial charge in [-0.3, -0.25) is 15.1 Å². The minimum absolute atomic E-state index is 0.0155. The molecule has 2 heterocycles. The SMILES string of the molecule is O=[N+]([O-])c1cc(-c2nc(-c3ccncc3)no2)ccc1NC1CCCCC1. The Balaban J connectivity index is 1.61. The number of anilines is 1. The third kappa shape index (κ3) is 3.79. The van der Waals surface area contributed by atoms with Crippen LogP contribution in [-0.4, -0.2) is 26.1 Å². The molecule has 0 saturated heterocycles. The fourth-order valence-electron chi connectivity index (χ4n) is 3.36. The first kappa shape index (κ1) is 17.1. The van der Waals surface area contributed by atoms with Crippen LogP contribution in [0.5, 0.6) is 0 Å². The van der Waals surface area contributed by atoms with Crippen LogP contribution < -0.4 is 5.32 Å². The quantitative estimate of drug-likeness (QED) is 0.525. The summed E-state index contributed by atoms with van der Waals surface area (Å²) >= 11 is 0. The molecule has 4 rings (SSSR count). The summed E-state index contributed by atoms with van der Waals surface area (Å²) in [7, 11) is 0. The molecule has 1 aliphatic rings. The van der Waals surface area contributed by atoms with Crippen molar-refractivity contribution in [3.05, 3.63) is 52.8 Å². The number of aromatic nitrogens is 3. The summed E-state index contributed by atoms with van der Waals surface area (Å²) in [6, 6.07) is 8.79. The molecule has 3 aromatic rings. The highest BCUT2D eigenvalue weighted by Crippen LogP contribution is 2.33. The van der Waals surface area contributed by atoms with Crippen molar-refractivity contribution in [2.24, 2.45) is 0 Å². The maximum absolute atomic E-state index is 11.6. The van der Waals surface area contributed by atoms with Crippen molar-refractivity contribution in [3.8, 4) is 22.8 Å². The maximum Gasteiger partial charge on any atom is 0.293 e. The molecule has 1 fully saturated rings. The average Bonchev–Trinajstić information content (AvgIpc) is 3.20. The molecular weight excluding hydrogens is 346 g/mol. The van der Waals surface area contributed by atoms with Crippen LogP contribution in [0.1, 0.15) is 32.1 Å². The Labute approximate surface area is 155 Å². The second-order valence-electron chi connectivity index (χ2n) is 6.63. The Morgan fingerprint density at radius 1 is 1.07 bits per heavy atom. The Kier molecular flexibility index (Phi) is 4.78. The smallest absolute Gasteiger partial charge is 0.293 e. The van der Waals surface area contributed by atoms with Crippen molar-refractivity contribution in [1.82, 2.24) is 15.1 Å². The first-order valence-corrected chi connectivity index (χ1v) is 9.00. The van der Waals surface area contributed by atoms with Gasteiger partial charge in [0, 0.05) is 35.6 Å². The van der Waals surface area contributed by atoms with Gasteiger partial charge in [-0.2, -0.15) is 4.98 Å². The van der Waals surface area contributed by atoms with E-state index in [2.05, 4.69) is 20.4 Å². The Morgan fingerprint density at radius 2 is 1.85 bits per heavy atom. The fraction of sp³-hybridized carbons (Fsp3) is 0.316. The number of nitrogens with one attached hydrogen (secondary N) is 1. The van der Waals surface area contributed by atoms with Crippen LogP contribution in [0.25, 0.3) is 22.8 Å². The lowest BCUT2D eigenvalue weighted by Gasteiger charge is -2.23. The van der Waals surface area contributed by atoms with Gasteiger partial charge in [-0.15, -0.1) is 0 Å². The number of benzene rings is 1. The molecule has 0 unspecified atom stereocenters. The highest BCUT2D eigenvalue weighted by Gasteiger charge is 2.21. The van der Waals surface area contributed by atoms with Crippen molar-refractivity contribution in [3.63, 3.8) is 0 Å². The molecule has 138 valence electrons. The standard InChI is InChI=1S/C19H19N5O3/c25-24(26)17-12-14(6-7-16(17)21-15-4-2-1-3-5-15)19-22-18(23-27-19)13-8-10-20-11-9-13/h6-12,15,21H,1-5H2. The van der Waals surface area contributed by atoms with Crippen LogP contribution >= 0.6 is 0 Å². The number of pyridine rings is 1. The second kappa shape index (κ2) is 7.53. The summed E-state index contributed by atoms with van der Waals surface area (Å²) in [6.07, 6.45) is 8.91. The van der Waals surface area contributed by atoms with E-state index in [-0.39, 0.29) is 22.5 Å². The van der Waals surface area contributed by atoms with Gasteiger partial charge in [0.05, 0.1) is 4.92 Å². The average molecular weight is 365 g/mol. The van der Waals surface area contributed by atoms with E-state index in [0.29, 0.717) is 17.1 Å². The Hall–Kier alpha value is -3.29. The largest absolute Gasteiger partial charge is 0.377 e. The molecule has 0 amide bonds. The molecule has 1 aliphatic carbocycles. The third-order valence-corrected chi connectivity index (χ3v) is 4.77. The molecule has 8 heteroatoms. The lowest BCUT2D eigenvalue weighted by Crippen LogP contribution is -2.22. The molecule has 1 saturated carbocycles. The molecule has 2 aromatic heterocycles. The van der Waals surface area contributed by atoms with E-state index in [0.717, 1.165) is 31.2 Å². The van der Waals surface area contributed by atoms with Crippen molar-refractivity contribution >= 4 is 11.4 Å². The van der Waals surface area contributed by atoms with Gasteiger partial charge >= 0.3 is 0 Å². The highest BCUT2D eigenvalue weighted by atomic mass is 16.6. The van der Waals surface area contributed by atoms with Crippen molar-refractivity contribution in [1.29, 1.82) is 0 Å². The van der Waals surface area contributed by atoms with E-state index >= 15 is 0 Å². The number of rotatable bonds is 5. The topological polar surface area (TPSA) is 107 Å². The molecule has 0 aliphatic heterocycles. The van der Waals surface area contributed by atoms with Crippen LogP contribution in [0.3, 0.4) is 0 Å². The van der Waals surface area contributed by atoms with E-state index in [1.165, 1.54) is 12.5 Å². The molecule has 0 radical (unpaired) electrons. The molecular formula is C19H19N5O3. The minimum Gasteiger partial charge on any atom is -0.377 e. The molecule has 8 nitrogen and oxygen atoms in total. The molecule has 0 atom stereocenters. The van der Waals surface area contributed by atoms with E-state index < -0.39 is 0 Å². The zero-order chi connectivity index (χ0) is 18.6. The number of hydrogen-bond donors (Lipinski definition) is 1. The van der Waals surface area contributed by atoms with Crippen molar-refractivity contribution in [2.75, 3.05) is 5.32 Å². The number of nitro benzene ring substituents is 1. The van der Waals surface area contributed by atoms with E-state index in [1.807, 2.05) is 0 Å². The predicted octanol–water partition coefficient (Wildman–Crippen LogP) is 4.45. The summed E-state index contributed by atoms with van der Waals surface area (Å²) in [5.41, 5.74) is 1.83. The van der Waals surface area contributed by atoms with Gasteiger partial charge < -0.3 is 9.84 Å². The maximum atomic E-state index is 11.6. The Bertz CT molecular complexity index is 936. The van der Waals surface area contributed by atoms with Crippen LogP contribution in [0.2, 0.25) is 0 Å². The summed E-state index contributed by atoms with van der Waals surface area (Å²) in [4.78, 5) is 19.5. The molecule has 0 spiro atoms.